The van der Waals surface area contributed by atoms with Gasteiger partial charge in [-0.1, -0.05) is 36.1 Å². The first-order chi connectivity index (χ1) is 23.8. The summed E-state index contributed by atoms with van der Waals surface area (Å²) in [5.74, 6) is 8.93. The van der Waals surface area contributed by atoms with Gasteiger partial charge in [-0.2, -0.15) is 0 Å². The Bertz CT molecular complexity index is 2100. The van der Waals surface area contributed by atoms with Gasteiger partial charge in [0.25, 0.3) is 0 Å². The Morgan fingerprint density at radius 1 is 1.16 bits per heavy atom. The van der Waals surface area contributed by atoms with E-state index >= 15 is 4.39 Å². The van der Waals surface area contributed by atoms with Crippen LogP contribution in [0.4, 0.5) is 19.4 Å². The first-order valence-electron chi connectivity index (χ1n) is 16.9. The third-order valence-corrected chi connectivity index (χ3v) is 10.7. The van der Waals surface area contributed by atoms with Crippen LogP contribution in [0, 0.1) is 35.8 Å². The number of ether oxygens (including phenoxy) is 1. The zero-order chi connectivity index (χ0) is 33.9. The number of carbonyl (C=O) groups excluding carboxylic acids is 1. The quantitative estimate of drug-likeness (QED) is 0.303. The summed E-state index contributed by atoms with van der Waals surface area (Å²) >= 11 is 0. The van der Waals surface area contributed by atoms with Crippen LogP contribution >= 0.6 is 0 Å². The Hall–Kier alpha value is -4.84. The zero-order valence-corrected chi connectivity index (χ0v) is 27.6. The van der Waals surface area contributed by atoms with Gasteiger partial charge in [0.05, 0.1) is 16.5 Å². The molecule has 250 valence electrons. The molecule has 7 heterocycles. The van der Waals surface area contributed by atoms with E-state index in [0.717, 1.165) is 58.2 Å². The Morgan fingerprint density at radius 2 is 2.04 bits per heavy atom. The van der Waals surface area contributed by atoms with Crippen molar-refractivity contribution in [2.75, 3.05) is 45.2 Å². The predicted octanol–water partition coefficient (Wildman–Crippen LogP) is 5.09. The number of hydrogen-bond donors (Lipinski definition) is 1. The van der Waals surface area contributed by atoms with Gasteiger partial charge < -0.3 is 19.9 Å². The van der Waals surface area contributed by atoms with E-state index in [2.05, 4.69) is 37.9 Å². The normalized spacial score (nSPS) is 24.5. The van der Waals surface area contributed by atoms with Crippen molar-refractivity contribution in [3.8, 4) is 35.4 Å². The number of pyridine rings is 1. The fraction of sp³-hybridized carbons (Fsp3) is 0.421. The Labute approximate surface area is 284 Å². The molecule has 9 rings (SSSR count). The highest BCUT2D eigenvalue weighted by molar-refractivity contribution is 6.02. The highest BCUT2D eigenvalue weighted by Gasteiger charge is 2.48. The molecule has 5 fully saturated rings. The molecule has 0 spiro atoms. The van der Waals surface area contributed by atoms with Crippen molar-refractivity contribution in [1.82, 2.24) is 30.1 Å². The van der Waals surface area contributed by atoms with Crippen molar-refractivity contribution in [2.45, 2.75) is 62.2 Å². The minimum absolute atomic E-state index is 0.0389. The largest absolute Gasteiger partial charge is 0.448 e. The number of piperazine rings is 1. The molecule has 5 saturated heterocycles. The molecule has 2 bridgehead atoms. The third-order valence-electron chi connectivity index (χ3n) is 10.7. The van der Waals surface area contributed by atoms with Crippen molar-refractivity contribution in [3.05, 3.63) is 59.6 Å². The lowest BCUT2D eigenvalue weighted by molar-refractivity contribution is 0.0794. The van der Waals surface area contributed by atoms with E-state index in [9.17, 15) is 9.18 Å². The Balaban J connectivity index is 1.24. The maximum Gasteiger partial charge on any atom is 0.409 e. The minimum Gasteiger partial charge on any atom is -0.448 e. The average Bonchev–Trinajstić information content (AvgIpc) is 3.69. The first kappa shape index (κ1) is 31.4. The molecular weight excluding hydrogens is 624 g/mol. The lowest BCUT2D eigenvalue weighted by atomic mass is 9.92. The van der Waals surface area contributed by atoms with Crippen LogP contribution < -0.4 is 10.2 Å². The topological polar surface area (TPSA) is 86.7 Å². The van der Waals surface area contributed by atoms with E-state index in [0.29, 0.717) is 40.2 Å². The molecule has 2 aromatic heterocycles. The van der Waals surface area contributed by atoms with Crippen molar-refractivity contribution in [3.63, 3.8) is 0 Å². The van der Waals surface area contributed by atoms with Crippen LogP contribution in [0.1, 0.15) is 49.9 Å². The number of amides is 1. The number of nitrogens with one attached hydrogen (secondary N) is 1. The highest BCUT2D eigenvalue weighted by atomic mass is 19.1. The summed E-state index contributed by atoms with van der Waals surface area (Å²) in [5, 5.41) is 5.20. The van der Waals surface area contributed by atoms with Gasteiger partial charge in [0.15, 0.2) is 5.82 Å². The van der Waals surface area contributed by atoms with Crippen molar-refractivity contribution in [2.24, 2.45) is 0 Å². The number of anilines is 1. The number of benzene rings is 2. The second kappa shape index (κ2) is 12.2. The lowest BCUT2D eigenvalue weighted by Gasteiger charge is -2.46. The van der Waals surface area contributed by atoms with Crippen LogP contribution in [-0.2, 0) is 4.74 Å². The van der Waals surface area contributed by atoms with E-state index in [1.54, 1.807) is 38.5 Å². The van der Waals surface area contributed by atoms with E-state index in [4.69, 9.17) is 21.1 Å². The standard InChI is InChI=1S/C38H37F2N7O2/c1-4-27-30(39)12-9-23-7-5-8-28(32(23)27)34-33(40)35-29(20-42-34)36(46-21-24-10-11-25(46)19-41-24)44-31(43-35)14-17-38-15-6-18-47(38)26(13-16-38)22-49-37(48)45(2)3/h1,5,7-9,12,20,24-26,41H,6,10-11,13,15-16,18-19,21-22H2,2-3H3/t24-,25-,26-,38-/m1/s1. The number of nitrogens with zero attached hydrogens (tertiary/aromatic N) is 6. The molecule has 1 N–H and O–H groups in total. The number of halogens is 2. The summed E-state index contributed by atoms with van der Waals surface area (Å²) in [7, 11) is 3.34. The van der Waals surface area contributed by atoms with E-state index in [1.165, 1.54) is 11.0 Å². The van der Waals surface area contributed by atoms with Gasteiger partial charge in [-0.3, -0.25) is 9.88 Å². The van der Waals surface area contributed by atoms with Crippen LogP contribution in [-0.4, -0.2) is 94.8 Å². The molecule has 2 aromatic carbocycles. The van der Waals surface area contributed by atoms with Crippen LogP contribution in [0.2, 0.25) is 0 Å². The number of hydrogen-bond acceptors (Lipinski definition) is 8. The van der Waals surface area contributed by atoms with Gasteiger partial charge >= 0.3 is 6.09 Å². The molecule has 1 amide bonds. The Kier molecular flexibility index (Phi) is 7.85. The van der Waals surface area contributed by atoms with Gasteiger partial charge in [-0.05, 0) is 55.9 Å². The summed E-state index contributed by atoms with van der Waals surface area (Å²) in [6.45, 7) is 2.73. The van der Waals surface area contributed by atoms with Crippen LogP contribution in [0.3, 0.4) is 0 Å². The molecule has 11 heteroatoms. The van der Waals surface area contributed by atoms with Crippen molar-refractivity contribution in [1.29, 1.82) is 0 Å². The fourth-order valence-electron chi connectivity index (χ4n) is 8.26. The van der Waals surface area contributed by atoms with Gasteiger partial charge in [0.1, 0.15) is 29.5 Å². The van der Waals surface area contributed by atoms with Crippen molar-refractivity contribution >= 4 is 33.6 Å². The van der Waals surface area contributed by atoms with Crippen LogP contribution in [0.15, 0.2) is 36.5 Å². The van der Waals surface area contributed by atoms with Gasteiger partial charge in [-0.25, -0.2) is 23.5 Å². The predicted molar refractivity (Wildman–Crippen MR) is 184 cm³/mol. The van der Waals surface area contributed by atoms with Gasteiger partial charge in [0.2, 0.25) is 5.82 Å². The van der Waals surface area contributed by atoms with E-state index in [1.807, 2.05) is 6.07 Å². The van der Waals surface area contributed by atoms with E-state index in [-0.39, 0.29) is 46.3 Å². The molecule has 4 aromatic rings. The van der Waals surface area contributed by atoms with Gasteiger partial charge in [-0.15, -0.1) is 6.42 Å². The molecular formula is C38H37F2N7O2. The molecule has 0 aliphatic carbocycles. The fourth-order valence-corrected chi connectivity index (χ4v) is 8.26. The lowest BCUT2D eigenvalue weighted by Crippen LogP contribution is -2.61. The number of fused-ring (bicyclic) bond motifs is 6. The second-order valence-electron chi connectivity index (χ2n) is 13.8. The molecule has 4 atom stereocenters. The maximum atomic E-state index is 16.9. The maximum absolute atomic E-state index is 16.9. The summed E-state index contributed by atoms with van der Waals surface area (Å²) in [6, 6.07) is 8.86. The third kappa shape index (κ3) is 5.33. The highest BCUT2D eigenvalue weighted by Crippen LogP contribution is 2.42. The number of rotatable bonds is 4. The first-order valence-corrected chi connectivity index (χ1v) is 16.9. The molecule has 0 unspecified atom stereocenters. The second-order valence-corrected chi connectivity index (χ2v) is 13.8. The molecule has 49 heavy (non-hydrogen) atoms. The minimum atomic E-state index is -0.631. The summed E-state index contributed by atoms with van der Waals surface area (Å²) < 4.78 is 37.3. The van der Waals surface area contributed by atoms with Crippen LogP contribution in [0.5, 0.6) is 0 Å². The van der Waals surface area contributed by atoms with Crippen LogP contribution in [0.25, 0.3) is 32.9 Å². The Morgan fingerprint density at radius 3 is 2.80 bits per heavy atom. The van der Waals surface area contributed by atoms with E-state index < -0.39 is 11.6 Å². The van der Waals surface area contributed by atoms with Crippen molar-refractivity contribution < 1.29 is 18.3 Å². The monoisotopic (exact) mass is 661 g/mol. The van der Waals surface area contributed by atoms with Gasteiger partial charge in [0, 0.05) is 69.0 Å². The smallest absolute Gasteiger partial charge is 0.409 e. The summed E-state index contributed by atoms with van der Waals surface area (Å²) in [6.07, 6.45) is 12.6. The number of carbonyl (C=O) groups is 1. The molecule has 0 saturated carbocycles. The average molecular weight is 662 g/mol. The molecule has 5 aliphatic heterocycles. The number of piperidine rings is 2. The SMILES string of the molecule is C#Cc1c(F)ccc2cccc(-c3ncc4c(N5C[C@H]6CC[C@@H]5CN6)nc(C#C[C@]56CCCN5[C@@H](COC(=O)N(C)C)CC6)nc4c3F)c12. The number of aromatic nitrogens is 3. The zero-order valence-electron chi connectivity index (χ0n) is 27.6. The summed E-state index contributed by atoms with van der Waals surface area (Å²) in [5.41, 5.74) is 0.225. The number of terminal acetylenes is 1. The summed E-state index contributed by atoms with van der Waals surface area (Å²) in [4.78, 5) is 32.5. The molecule has 5 aliphatic rings. The molecule has 0 radical (unpaired) electrons. The molecule has 9 nitrogen and oxygen atoms in total.